The number of hydrogen-bond acceptors (Lipinski definition) is 3. The second-order valence-electron chi connectivity index (χ2n) is 6.00. The van der Waals surface area contributed by atoms with E-state index in [1.807, 2.05) is 68.4 Å². The van der Waals surface area contributed by atoms with Crippen LogP contribution in [0.3, 0.4) is 0 Å². The summed E-state index contributed by atoms with van der Waals surface area (Å²) in [7, 11) is 0. The molecule has 0 saturated heterocycles. The molecule has 128 valence electrons. The normalized spacial score (nSPS) is 13.3. The van der Waals surface area contributed by atoms with Crippen molar-refractivity contribution in [2.24, 2.45) is 5.73 Å². The van der Waals surface area contributed by atoms with Gasteiger partial charge in [-0.05, 0) is 36.6 Å². The number of amides is 1. The quantitative estimate of drug-likeness (QED) is 0.770. The molecule has 0 aliphatic rings. The van der Waals surface area contributed by atoms with Gasteiger partial charge in [-0.2, -0.15) is 0 Å². The van der Waals surface area contributed by atoms with Crippen LogP contribution in [0.4, 0.5) is 5.69 Å². The van der Waals surface area contributed by atoms with Crippen LogP contribution in [0.2, 0.25) is 0 Å². The molecule has 4 heteroatoms. The third-order valence-electron chi connectivity index (χ3n) is 3.75. The van der Waals surface area contributed by atoms with Gasteiger partial charge >= 0.3 is 0 Å². The number of carbonyl (C=O) groups is 1. The first-order valence-corrected chi connectivity index (χ1v) is 8.41. The molecule has 0 aromatic heterocycles. The summed E-state index contributed by atoms with van der Waals surface area (Å²) in [5, 5.41) is 2.88. The average molecular weight is 326 g/mol. The van der Waals surface area contributed by atoms with Crippen molar-refractivity contribution in [2.75, 3.05) is 5.32 Å². The van der Waals surface area contributed by atoms with Crippen molar-refractivity contribution in [1.82, 2.24) is 0 Å². The summed E-state index contributed by atoms with van der Waals surface area (Å²) in [5.74, 6) is 0.0441. The van der Waals surface area contributed by atoms with Gasteiger partial charge in [0, 0.05) is 18.2 Å². The highest BCUT2D eigenvalue weighted by Gasteiger charge is 2.16. The molecule has 24 heavy (non-hydrogen) atoms. The lowest BCUT2D eigenvalue weighted by Gasteiger charge is -2.22. The number of nitrogens with one attached hydrogen (secondary N) is 1. The predicted molar refractivity (Wildman–Crippen MR) is 97.6 cm³/mol. The molecule has 0 fully saturated rings. The molecule has 2 aromatic carbocycles. The Kier molecular flexibility index (Phi) is 6.97. The van der Waals surface area contributed by atoms with Crippen molar-refractivity contribution in [3.8, 4) is 0 Å². The second-order valence-corrected chi connectivity index (χ2v) is 6.00. The first kappa shape index (κ1) is 18.2. The van der Waals surface area contributed by atoms with E-state index in [1.165, 1.54) is 0 Å². The molecule has 4 nitrogen and oxygen atoms in total. The number of benzene rings is 2. The Morgan fingerprint density at radius 2 is 1.79 bits per heavy atom. The molecule has 2 rings (SSSR count). The number of hydrogen-bond donors (Lipinski definition) is 2. The van der Waals surface area contributed by atoms with Gasteiger partial charge in [-0.25, -0.2) is 0 Å². The van der Waals surface area contributed by atoms with Crippen LogP contribution in [0.1, 0.15) is 43.9 Å². The van der Waals surface area contributed by atoms with Gasteiger partial charge in [0.15, 0.2) is 0 Å². The molecule has 0 aliphatic carbocycles. The SMILES string of the molecule is CCCC(=O)Nc1ccc(CO[C@@H](c2ccccc2)[C@@H](C)N)cc1. The lowest BCUT2D eigenvalue weighted by molar-refractivity contribution is -0.116. The van der Waals surface area contributed by atoms with E-state index in [-0.39, 0.29) is 18.1 Å². The number of nitrogens with two attached hydrogens (primary N) is 1. The van der Waals surface area contributed by atoms with Gasteiger partial charge in [-0.1, -0.05) is 49.4 Å². The molecule has 2 aromatic rings. The summed E-state index contributed by atoms with van der Waals surface area (Å²) in [4.78, 5) is 11.6. The third kappa shape index (κ3) is 5.48. The highest BCUT2D eigenvalue weighted by Crippen LogP contribution is 2.22. The molecule has 2 atom stereocenters. The molecule has 0 bridgehead atoms. The summed E-state index contributed by atoms with van der Waals surface area (Å²) < 4.78 is 6.02. The first-order chi connectivity index (χ1) is 11.6. The minimum Gasteiger partial charge on any atom is -0.367 e. The van der Waals surface area contributed by atoms with Crippen LogP contribution in [-0.4, -0.2) is 11.9 Å². The van der Waals surface area contributed by atoms with Gasteiger partial charge < -0.3 is 15.8 Å². The minimum absolute atomic E-state index is 0.0441. The Morgan fingerprint density at radius 1 is 1.12 bits per heavy atom. The smallest absolute Gasteiger partial charge is 0.224 e. The zero-order chi connectivity index (χ0) is 17.4. The monoisotopic (exact) mass is 326 g/mol. The van der Waals surface area contributed by atoms with Gasteiger partial charge in [-0.15, -0.1) is 0 Å². The van der Waals surface area contributed by atoms with Crippen LogP contribution in [-0.2, 0) is 16.1 Å². The zero-order valence-corrected chi connectivity index (χ0v) is 14.4. The van der Waals surface area contributed by atoms with Gasteiger partial charge in [-0.3, -0.25) is 4.79 Å². The Labute approximate surface area is 144 Å². The van der Waals surface area contributed by atoms with E-state index in [0.717, 1.165) is 23.2 Å². The average Bonchev–Trinajstić information content (AvgIpc) is 2.57. The summed E-state index contributed by atoms with van der Waals surface area (Å²) in [5.41, 5.74) is 9.00. The molecule has 1 amide bonds. The number of rotatable bonds is 8. The molecule has 3 N–H and O–H groups in total. The van der Waals surface area contributed by atoms with E-state index in [9.17, 15) is 4.79 Å². The number of anilines is 1. The number of carbonyl (C=O) groups excluding carboxylic acids is 1. The molecular formula is C20H26N2O2. The van der Waals surface area contributed by atoms with Crippen molar-refractivity contribution in [2.45, 2.75) is 45.4 Å². The topological polar surface area (TPSA) is 64.3 Å². The van der Waals surface area contributed by atoms with E-state index < -0.39 is 0 Å². The van der Waals surface area contributed by atoms with Crippen molar-refractivity contribution in [3.05, 3.63) is 65.7 Å². The van der Waals surface area contributed by atoms with E-state index in [0.29, 0.717) is 13.0 Å². The lowest BCUT2D eigenvalue weighted by Crippen LogP contribution is -2.26. The van der Waals surface area contributed by atoms with Gasteiger partial charge in [0.25, 0.3) is 0 Å². The second kappa shape index (κ2) is 9.21. The van der Waals surface area contributed by atoms with Crippen LogP contribution in [0, 0.1) is 0 Å². The summed E-state index contributed by atoms with van der Waals surface area (Å²) >= 11 is 0. The maximum atomic E-state index is 11.6. The Hall–Kier alpha value is -2.17. The molecule has 0 radical (unpaired) electrons. The van der Waals surface area contributed by atoms with Crippen LogP contribution >= 0.6 is 0 Å². The fourth-order valence-corrected chi connectivity index (χ4v) is 2.52. The van der Waals surface area contributed by atoms with E-state index in [2.05, 4.69) is 5.32 Å². The van der Waals surface area contributed by atoms with Crippen LogP contribution in [0.15, 0.2) is 54.6 Å². The summed E-state index contributed by atoms with van der Waals surface area (Å²) in [6, 6.07) is 17.6. The van der Waals surface area contributed by atoms with Crippen molar-refractivity contribution in [1.29, 1.82) is 0 Å². The molecule has 0 aliphatic heterocycles. The van der Waals surface area contributed by atoms with E-state index in [4.69, 9.17) is 10.5 Å². The van der Waals surface area contributed by atoms with Crippen molar-refractivity contribution < 1.29 is 9.53 Å². The fourth-order valence-electron chi connectivity index (χ4n) is 2.52. The zero-order valence-electron chi connectivity index (χ0n) is 14.4. The van der Waals surface area contributed by atoms with Crippen molar-refractivity contribution in [3.63, 3.8) is 0 Å². The van der Waals surface area contributed by atoms with Crippen molar-refractivity contribution >= 4 is 11.6 Å². The van der Waals surface area contributed by atoms with Crippen LogP contribution in [0.5, 0.6) is 0 Å². The standard InChI is InChI=1S/C20H26N2O2/c1-3-7-19(23)22-18-12-10-16(11-13-18)14-24-20(15(2)21)17-8-5-4-6-9-17/h4-6,8-13,15,20H,3,7,14,21H2,1-2H3,(H,22,23)/t15-,20-/m1/s1. The van der Waals surface area contributed by atoms with Gasteiger partial charge in [0.05, 0.1) is 12.7 Å². The Bertz CT molecular complexity index is 624. The van der Waals surface area contributed by atoms with Gasteiger partial charge in [0.1, 0.15) is 0 Å². The van der Waals surface area contributed by atoms with Gasteiger partial charge in [0.2, 0.25) is 5.91 Å². The lowest BCUT2D eigenvalue weighted by atomic mass is 10.0. The highest BCUT2D eigenvalue weighted by atomic mass is 16.5. The molecule has 0 spiro atoms. The molecule has 0 unspecified atom stereocenters. The van der Waals surface area contributed by atoms with E-state index >= 15 is 0 Å². The van der Waals surface area contributed by atoms with Crippen LogP contribution in [0.25, 0.3) is 0 Å². The fraction of sp³-hybridized carbons (Fsp3) is 0.350. The molecule has 0 heterocycles. The third-order valence-corrected chi connectivity index (χ3v) is 3.75. The Morgan fingerprint density at radius 3 is 2.38 bits per heavy atom. The Balaban J connectivity index is 1.94. The highest BCUT2D eigenvalue weighted by molar-refractivity contribution is 5.90. The first-order valence-electron chi connectivity index (χ1n) is 8.41. The molecule has 0 saturated carbocycles. The van der Waals surface area contributed by atoms with Crippen LogP contribution < -0.4 is 11.1 Å². The summed E-state index contributed by atoms with van der Waals surface area (Å²) in [6.45, 7) is 4.41. The van der Waals surface area contributed by atoms with E-state index in [1.54, 1.807) is 0 Å². The number of ether oxygens (including phenoxy) is 1. The maximum Gasteiger partial charge on any atom is 0.224 e. The summed E-state index contributed by atoms with van der Waals surface area (Å²) in [6.07, 6.45) is 1.24. The molecular weight excluding hydrogens is 300 g/mol. The maximum absolute atomic E-state index is 11.6. The minimum atomic E-state index is -0.143. The largest absolute Gasteiger partial charge is 0.367 e. The predicted octanol–water partition coefficient (Wildman–Crippen LogP) is 4.03.